The Morgan fingerprint density at radius 1 is 1.12 bits per heavy atom. The van der Waals surface area contributed by atoms with Gasteiger partial charge in [-0.15, -0.1) is 13.2 Å². The van der Waals surface area contributed by atoms with Gasteiger partial charge in [0.05, 0.1) is 0 Å². The molecule has 1 unspecified atom stereocenters. The quantitative estimate of drug-likeness (QED) is 0.473. The van der Waals surface area contributed by atoms with Gasteiger partial charge in [0.2, 0.25) is 0 Å². The van der Waals surface area contributed by atoms with Crippen LogP contribution in [0.25, 0.3) is 0 Å². The molecule has 0 amide bonds. The second-order valence-electron chi connectivity index (χ2n) is 5.92. The summed E-state index contributed by atoms with van der Waals surface area (Å²) in [7, 11) is 0. The van der Waals surface area contributed by atoms with E-state index in [1.165, 1.54) is 11.1 Å². The van der Waals surface area contributed by atoms with E-state index in [2.05, 4.69) is 51.8 Å². The summed E-state index contributed by atoms with van der Waals surface area (Å²) in [6.45, 7) is 22.1. The van der Waals surface area contributed by atoms with E-state index in [0.29, 0.717) is 0 Å². The van der Waals surface area contributed by atoms with Crippen molar-refractivity contribution in [3.63, 3.8) is 0 Å². The van der Waals surface area contributed by atoms with Gasteiger partial charge in [0.15, 0.2) is 0 Å². The summed E-state index contributed by atoms with van der Waals surface area (Å²) in [6.07, 6.45) is 9.32. The van der Waals surface area contributed by atoms with E-state index < -0.39 is 0 Å². The number of anilines is 1. The fourth-order valence-electron chi connectivity index (χ4n) is 2.52. The molecule has 0 saturated heterocycles. The lowest BCUT2D eigenvalue weighted by atomic mass is 10.0. The molecule has 1 aromatic rings. The maximum atomic E-state index is 6.17. The SMILES string of the molecule is C=C.C=CC1=C(C)CC=CC(C(C)Oc2cc(C)c(N)cc2C)=C1.CC. The van der Waals surface area contributed by atoms with Crippen molar-refractivity contribution in [1.82, 2.24) is 0 Å². The third-order valence-electron chi connectivity index (χ3n) is 4.11. The Morgan fingerprint density at radius 3 is 2.31 bits per heavy atom. The Kier molecular flexibility index (Phi) is 10.8. The molecule has 1 aliphatic carbocycles. The van der Waals surface area contributed by atoms with Gasteiger partial charge in [-0.2, -0.15) is 0 Å². The summed E-state index contributed by atoms with van der Waals surface area (Å²) in [6, 6.07) is 3.98. The van der Waals surface area contributed by atoms with Crippen LogP contribution in [0.1, 0.15) is 45.2 Å². The van der Waals surface area contributed by atoms with Gasteiger partial charge in [-0.25, -0.2) is 0 Å². The van der Waals surface area contributed by atoms with Crippen LogP contribution in [0.2, 0.25) is 0 Å². The second-order valence-corrected chi connectivity index (χ2v) is 5.92. The summed E-state index contributed by atoms with van der Waals surface area (Å²) in [5, 5.41) is 0. The minimum absolute atomic E-state index is 0.0289. The maximum Gasteiger partial charge on any atom is 0.123 e. The van der Waals surface area contributed by atoms with Gasteiger partial charge < -0.3 is 10.5 Å². The third kappa shape index (κ3) is 6.44. The number of benzene rings is 1. The molecule has 1 atom stereocenters. The highest BCUT2D eigenvalue weighted by Gasteiger charge is 2.13. The monoisotopic (exact) mass is 353 g/mol. The van der Waals surface area contributed by atoms with Crippen LogP contribution in [-0.4, -0.2) is 6.10 Å². The Labute approximate surface area is 160 Å². The summed E-state index contributed by atoms with van der Waals surface area (Å²) in [4.78, 5) is 0. The standard InChI is InChI=1S/C20H25NO.C2H6.C2H4/c1-6-17-12-18(9-7-8-13(17)2)16(5)22-20-11-14(3)19(21)10-15(20)4;2*1-2/h6-7,9-12,16H,1,8,21H2,2-5H3;1-2H3;1-2H2. The molecule has 1 aromatic carbocycles. The van der Waals surface area contributed by atoms with Gasteiger partial charge in [-0.3, -0.25) is 0 Å². The average molecular weight is 354 g/mol. The Balaban J connectivity index is 0.00000146. The van der Waals surface area contributed by atoms with E-state index >= 15 is 0 Å². The molecule has 26 heavy (non-hydrogen) atoms. The molecule has 0 aromatic heterocycles. The van der Waals surface area contributed by atoms with Crippen LogP contribution in [-0.2, 0) is 0 Å². The van der Waals surface area contributed by atoms with Gasteiger partial charge >= 0.3 is 0 Å². The zero-order valence-electron chi connectivity index (χ0n) is 17.4. The van der Waals surface area contributed by atoms with Gasteiger partial charge in [0, 0.05) is 5.69 Å². The number of ether oxygens (including phenoxy) is 1. The van der Waals surface area contributed by atoms with E-state index in [0.717, 1.165) is 34.6 Å². The molecule has 0 fully saturated rings. The number of hydrogen-bond donors (Lipinski definition) is 1. The first-order chi connectivity index (χ1) is 12.4. The Hall–Kier alpha value is -2.48. The number of nitrogen functional groups attached to an aromatic ring is 1. The van der Waals surface area contributed by atoms with Gasteiger partial charge in [-0.05, 0) is 74.6 Å². The molecule has 0 bridgehead atoms. The van der Waals surface area contributed by atoms with Crippen molar-refractivity contribution in [2.24, 2.45) is 0 Å². The van der Waals surface area contributed by atoms with E-state index in [-0.39, 0.29) is 6.10 Å². The van der Waals surface area contributed by atoms with Gasteiger partial charge in [0.1, 0.15) is 11.9 Å². The van der Waals surface area contributed by atoms with Crippen molar-refractivity contribution < 1.29 is 4.74 Å². The lowest BCUT2D eigenvalue weighted by Crippen LogP contribution is -2.15. The van der Waals surface area contributed by atoms with Crippen LogP contribution in [0.15, 0.2) is 72.9 Å². The van der Waals surface area contributed by atoms with Gasteiger partial charge in [0.25, 0.3) is 0 Å². The Morgan fingerprint density at radius 2 is 1.73 bits per heavy atom. The summed E-state index contributed by atoms with van der Waals surface area (Å²) >= 11 is 0. The molecule has 0 aliphatic heterocycles. The van der Waals surface area contributed by atoms with Crippen molar-refractivity contribution in [2.45, 2.75) is 54.1 Å². The first-order valence-corrected chi connectivity index (χ1v) is 9.16. The van der Waals surface area contributed by atoms with Crippen molar-refractivity contribution in [3.8, 4) is 5.75 Å². The minimum Gasteiger partial charge on any atom is -0.486 e. The van der Waals surface area contributed by atoms with Crippen molar-refractivity contribution in [1.29, 1.82) is 0 Å². The van der Waals surface area contributed by atoms with Crippen molar-refractivity contribution in [3.05, 3.63) is 84.0 Å². The molecule has 1 aliphatic rings. The fraction of sp³-hybridized carbons (Fsp3) is 0.333. The average Bonchev–Trinajstić information content (AvgIpc) is 2.84. The molecule has 2 heteroatoms. The lowest BCUT2D eigenvalue weighted by Gasteiger charge is -2.19. The highest BCUT2D eigenvalue weighted by atomic mass is 16.5. The molecule has 0 radical (unpaired) electrons. The van der Waals surface area contributed by atoms with Crippen molar-refractivity contribution in [2.75, 3.05) is 5.73 Å². The van der Waals surface area contributed by atoms with Crippen LogP contribution in [0, 0.1) is 13.8 Å². The molecule has 2 N–H and O–H groups in total. The predicted molar refractivity (Wildman–Crippen MR) is 118 cm³/mol. The molecule has 0 spiro atoms. The zero-order valence-corrected chi connectivity index (χ0v) is 17.4. The molecule has 142 valence electrons. The van der Waals surface area contributed by atoms with E-state index in [1.54, 1.807) is 0 Å². The topological polar surface area (TPSA) is 35.2 Å². The molecule has 0 heterocycles. The fourth-order valence-corrected chi connectivity index (χ4v) is 2.52. The second kappa shape index (κ2) is 12.0. The summed E-state index contributed by atoms with van der Waals surface area (Å²) in [5.41, 5.74) is 12.5. The number of nitrogens with two attached hydrogens (primary N) is 1. The number of hydrogen-bond acceptors (Lipinski definition) is 2. The lowest BCUT2D eigenvalue weighted by molar-refractivity contribution is 0.259. The van der Waals surface area contributed by atoms with E-state index in [9.17, 15) is 0 Å². The molecular weight excluding hydrogens is 318 g/mol. The highest BCUT2D eigenvalue weighted by molar-refractivity contribution is 5.54. The largest absolute Gasteiger partial charge is 0.486 e. The summed E-state index contributed by atoms with van der Waals surface area (Å²) < 4.78 is 6.17. The number of aryl methyl sites for hydroxylation is 2. The predicted octanol–water partition coefficient (Wildman–Crippen LogP) is 6.87. The number of rotatable bonds is 4. The van der Waals surface area contributed by atoms with E-state index in [1.807, 2.05) is 45.9 Å². The normalized spacial score (nSPS) is 14.0. The minimum atomic E-state index is -0.0289. The van der Waals surface area contributed by atoms with Crippen LogP contribution >= 0.6 is 0 Å². The van der Waals surface area contributed by atoms with Gasteiger partial charge in [-0.1, -0.05) is 44.2 Å². The first-order valence-electron chi connectivity index (χ1n) is 9.16. The van der Waals surface area contributed by atoms with E-state index in [4.69, 9.17) is 10.5 Å². The van der Waals surface area contributed by atoms with Crippen LogP contribution in [0.3, 0.4) is 0 Å². The smallest absolute Gasteiger partial charge is 0.123 e. The van der Waals surface area contributed by atoms with Crippen LogP contribution in [0.4, 0.5) is 5.69 Å². The molecule has 2 rings (SSSR count). The zero-order chi connectivity index (χ0) is 20.3. The first kappa shape index (κ1) is 23.5. The summed E-state index contributed by atoms with van der Waals surface area (Å²) in [5.74, 6) is 0.888. The maximum absolute atomic E-state index is 6.17. The van der Waals surface area contributed by atoms with Crippen LogP contribution in [0.5, 0.6) is 5.75 Å². The molecular formula is C24H35NO. The Bertz CT molecular complexity index is 692. The number of allylic oxidation sites excluding steroid dienone is 5. The highest BCUT2D eigenvalue weighted by Crippen LogP contribution is 2.28. The molecule has 2 nitrogen and oxygen atoms in total. The third-order valence-corrected chi connectivity index (χ3v) is 4.11. The van der Waals surface area contributed by atoms with Crippen LogP contribution < -0.4 is 10.5 Å². The molecule has 0 saturated carbocycles. The van der Waals surface area contributed by atoms with Crippen molar-refractivity contribution >= 4 is 5.69 Å².